The number of aryl methyl sites for hydroxylation is 2. The maximum absolute atomic E-state index is 13.1. The predicted molar refractivity (Wildman–Crippen MR) is 135 cm³/mol. The monoisotopic (exact) mass is 479 g/mol. The molecule has 34 heavy (non-hydrogen) atoms. The highest BCUT2D eigenvalue weighted by Gasteiger charge is 2.43. The third kappa shape index (κ3) is 4.08. The van der Waals surface area contributed by atoms with Gasteiger partial charge in [-0.3, -0.25) is 4.79 Å². The van der Waals surface area contributed by atoms with E-state index in [4.69, 9.17) is 9.73 Å². The van der Waals surface area contributed by atoms with Gasteiger partial charge in [-0.1, -0.05) is 48.9 Å². The fraction of sp³-hybridized carbons (Fsp3) is 0.519. The predicted octanol–water partition coefficient (Wildman–Crippen LogP) is 5.14. The van der Waals surface area contributed by atoms with Gasteiger partial charge in [0.05, 0.1) is 30.8 Å². The fourth-order valence-corrected chi connectivity index (χ4v) is 7.04. The van der Waals surface area contributed by atoms with E-state index in [2.05, 4.69) is 42.3 Å². The minimum Gasteiger partial charge on any atom is -0.466 e. The third-order valence-electron chi connectivity index (χ3n) is 7.78. The Morgan fingerprint density at radius 3 is 2.74 bits per heavy atom. The van der Waals surface area contributed by atoms with Crippen LogP contribution in [0, 0.1) is 25.7 Å². The zero-order chi connectivity index (χ0) is 24.0. The van der Waals surface area contributed by atoms with Crippen molar-refractivity contribution in [3.63, 3.8) is 0 Å². The summed E-state index contributed by atoms with van der Waals surface area (Å²) in [5, 5.41) is 6.15. The molecular formula is C27H33N3O3S. The first-order valence-corrected chi connectivity index (χ1v) is 13.2. The van der Waals surface area contributed by atoms with Gasteiger partial charge >= 0.3 is 5.97 Å². The molecular weight excluding hydrogens is 446 g/mol. The molecule has 2 heterocycles. The molecule has 2 bridgehead atoms. The largest absolute Gasteiger partial charge is 0.466 e. The van der Waals surface area contributed by atoms with Crippen LogP contribution in [0.25, 0.3) is 0 Å². The molecule has 5 rings (SSSR count). The second-order valence-corrected chi connectivity index (χ2v) is 10.8. The van der Waals surface area contributed by atoms with Crippen LogP contribution in [-0.4, -0.2) is 35.1 Å². The highest BCUT2D eigenvalue weighted by atomic mass is 32.2. The summed E-state index contributed by atoms with van der Waals surface area (Å²) in [4.78, 5) is 33.1. The van der Waals surface area contributed by atoms with E-state index in [0.29, 0.717) is 24.0 Å². The molecule has 4 atom stereocenters. The van der Waals surface area contributed by atoms with E-state index >= 15 is 0 Å². The van der Waals surface area contributed by atoms with Gasteiger partial charge in [0.2, 0.25) is 5.91 Å². The topological polar surface area (TPSA) is 71.0 Å². The Kier molecular flexibility index (Phi) is 6.32. The number of allylic oxidation sites excluding steroid dienone is 1. The second-order valence-electron chi connectivity index (χ2n) is 9.99. The quantitative estimate of drug-likeness (QED) is 0.573. The molecule has 0 radical (unpaired) electrons. The summed E-state index contributed by atoms with van der Waals surface area (Å²) in [6, 6.07) is 6.24. The number of carbonyl (C=O) groups is 2. The number of nitrogens with zero attached hydrogens (tertiary/aromatic N) is 2. The minimum absolute atomic E-state index is 0.0512. The molecule has 1 amide bonds. The van der Waals surface area contributed by atoms with Crippen molar-refractivity contribution in [3.05, 3.63) is 57.3 Å². The van der Waals surface area contributed by atoms with E-state index < -0.39 is 0 Å². The lowest BCUT2D eigenvalue weighted by Crippen LogP contribution is -2.41. The number of benzene rings is 1. The summed E-state index contributed by atoms with van der Waals surface area (Å²) in [7, 11) is 1.42. The Morgan fingerprint density at radius 1 is 1.24 bits per heavy atom. The number of amidine groups is 1. The summed E-state index contributed by atoms with van der Waals surface area (Å²) in [6.07, 6.45) is 5.82. The molecule has 6 nitrogen and oxygen atoms in total. The number of hydrogen-bond acceptors (Lipinski definition) is 6. The zero-order valence-corrected chi connectivity index (χ0v) is 21.2. The Labute approximate surface area is 205 Å². The van der Waals surface area contributed by atoms with Crippen molar-refractivity contribution < 1.29 is 14.3 Å². The number of ether oxygens (including phenoxy) is 1. The van der Waals surface area contributed by atoms with E-state index in [9.17, 15) is 9.59 Å². The standard InChI is InChI=1S/C27H33N3O3S/c1-5-21-24(26(32)33-4)25(20-10-15(2)6-7-16(20)3)30-19(14-34-27(30)29-21)13-23(31)28-22-12-17-8-9-18(22)11-17/h6-7,10,14,17-18,22,25H,5,8-9,11-13H2,1-4H3,(H,28,31)/t17-,18-,22+,25+/m0/s1. The van der Waals surface area contributed by atoms with Crippen molar-refractivity contribution >= 4 is 28.8 Å². The van der Waals surface area contributed by atoms with Crippen LogP contribution in [0.2, 0.25) is 0 Å². The van der Waals surface area contributed by atoms with Crippen molar-refractivity contribution in [3.8, 4) is 0 Å². The zero-order valence-electron chi connectivity index (χ0n) is 20.4. The van der Waals surface area contributed by atoms with Crippen LogP contribution in [0.3, 0.4) is 0 Å². The summed E-state index contributed by atoms with van der Waals surface area (Å²) in [5.74, 6) is 1.10. The molecule has 7 heteroatoms. The average Bonchev–Trinajstić information content (AvgIpc) is 3.55. The maximum Gasteiger partial charge on any atom is 0.338 e. The third-order valence-corrected chi connectivity index (χ3v) is 8.67. The van der Waals surface area contributed by atoms with Crippen molar-refractivity contribution in [2.75, 3.05) is 7.11 Å². The number of esters is 1. The van der Waals surface area contributed by atoms with Gasteiger partial charge in [0, 0.05) is 11.7 Å². The molecule has 2 saturated carbocycles. The fourth-order valence-electron chi connectivity index (χ4n) is 6.10. The van der Waals surface area contributed by atoms with E-state index in [-0.39, 0.29) is 24.3 Å². The van der Waals surface area contributed by atoms with Gasteiger partial charge in [-0.25, -0.2) is 9.79 Å². The summed E-state index contributed by atoms with van der Waals surface area (Å²) < 4.78 is 5.23. The highest BCUT2D eigenvalue weighted by Crippen LogP contribution is 2.47. The molecule has 2 aliphatic heterocycles. The van der Waals surface area contributed by atoms with E-state index in [1.807, 2.05) is 12.3 Å². The van der Waals surface area contributed by atoms with Gasteiger partial charge in [-0.05, 0) is 67.9 Å². The van der Waals surface area contributed by atoms with Crippen molar-refractivity contribution in [1.29, 1.82) is 0 Å². The number of methoxy groups -OCH3 is 1. The lowest BCUT2D eigenvalue weighted by atomic mass is 9.89. The second kappa shape index (κ2) is 9.25. The lowest BCUT2D eigenvalue weighted by molar-refractivity contribution is -0.136. The van der Waals surface area contributed by atoms with Gasteiger partial charge in [0.15, 0.2) is 5.17 Å². The Hall–Kier alpha value is -2.54. The van der Waals surface area contributed by atoms with E-state index in [0.717, 1.165) is 45.6 Å². The van der Waals surface area contributed by atoms with Crippen LogP contribution in [-0.2, 0) is 14.3 Å². The number of thioether (sulfide) groups is 1. The van der Waals surface area contributed by atoms with Crippen molar-refractivity contribution in [2.45, 2.75) is 71.4 Å². The van der Waals surface area contributed by atoms with Crippen LogP contribution >= 0.6 is 11.8 Å². The maximum atomic E-state index is 13.1. The minimum atomic E-state index is -0.369. The number of nitrogens with one attached hydrogen (secondary N) is 1. The highest BCUT2D eigenvalue weighted by molar-refractivity contribution is 8.16. The van der Waals surface area contributed by atoms with Crippen LogP contribution in [0.1, 0.15) is 68.2 Å². The molecule has 2 aliphatic carbocycles. The number of fused-ring (bicyclic) bond motifs is 3. The SMILES string of the molecule is CCC1=C(C(=O)OC)[C@@H](c2cc(C)ccc2C)N2C(CC(=O)N[C@@H]3C[C@H]4CC[C@H]3C4)=CSC2=N1. The van der Waals surface area contributed by atoms with Gasteiger partial charge in [0.25, 0.3) is 0 Å². The average molecular weight is 480 g/mol. The van der Waals surface area contributed by atoms with Crippen molar-refractivity contribution in [2.24, 2.45) is 16.8 Å². The molecule has 1 N–H and O–H groups in total. The number of aliphatic imine (C=N–C) groups is 1. The number of carbonyl (C=O) groups excluding carboxylic acids is 2. The van der Waals surface area contributed by atoms with Crippen LogP contribution in [0.5, 0.6) is 0 Å². The Balaban J connectivity index is 1.47. The van der Waals surface area contributed by atoms with Gasteiger partial charge in [-0.15, -0.1) is 0 Å². The van der Waals surface area contributed by atoms with E-state index in [1.54, 1.807) is 0 Å². The van der Waals surface area contributed by atoms with Gasteiger partial charge in [0.1, 0.15) is 0 Å². The first kappa shape index (κ1) is 23.2. The Bertz CT molecular complexity index is 1120. The van der Waals surface area contributed by atoms with Gasteiger partial charge in [-0.2, -0.15) is 0 Å². The van der Waals surface area contributed by atoms with Crippen LogP contribution < -0.4 is 5.32 Å². The molecule has 4 aliphatic rings. The molecule has 0 spiro atoms. The lowest BCUT2D eigenvalue weighted by Gasteiger charge is -2.37. The Morgan fingerprint density at radius 2 is 2.06 bits per heavy atom. The number of rotatable bonds is 6. The summed E-state index contributed by atoms with van der Waals surface area (Å²) in [6.45, 7) is 6.13. The molecule has 0 aromatic heterocycles. The smallest absolute Gasteiger partial charge is 0.338 e. The molecule has 1 aromatic rings. The molecule has 0 saturated heterocycles. The first-order chi connectivity index (χ1) is 16.4. The first-order valence-electron chi connectivity index (χ1n) is 12.3. The van der Waals surface area contributed by atoms with Crippen LogP contribution in [0.4, 0.5) is 0 Å². The molecule has 0 unspecified atom stereocenters. The number of hydrogen-bond donors (Lipinski definition) is 1. The molecule has 2 fully saturated rings. The van der Waals surface area contributed by atoms with Crippen molar-refractivity contribution in [1.82, 2.24) is 10.2 Å². The van der Waals surface area contributed by atoms with Gasteiger partial charge < -0.3 is 15.0 Å². The molecule has 1 aromatic carbocycles. The van der Waals surface area contributed by atoms with Crippen LogP contribution in [0.15, 0.2) is 45.6 Å². The summed E-state index contributed by atoms with van der Waals surface area (Å²) >= 11 is 1.53. The molecule has 180 valence electrons. The summed E-state index contributed by atoms with van der Waals surface area (Å²) in [5.41, 5.74) is 5.45. The number of amides is 1. The van der Waals surface area contributed by atoms with E-state index in [1.165, 1.54) is 38.1 Å². The normalized spacial score (nSPS) is 27.5.